The molecule has 5 heteroatoms. The topological polar surface area (TPSA) is 61.7 Å². The summed E-state index contributed by atoms with van der Waals surface area (Å²) in [5.41, 5.74) is 0.996. The van der Waals surface area contributed by atoms with E-state index in [0.29, 0.717) is 16.1 Å². The molecule has 1 amide bonds. The van der Waals surface area contributed by atoms with Gasteiger partial charge in [-0.1, -0.05) is 42.1 Å². The zero-order valence-electron chi connectivity index (χ0n) is 10.6. The van der Waals surface area contributed by atoms with E-state index in [1.165, 1.54) is 12.6 Å². The standard InChI is InChI=1S/C14H17ClN2O2/c15-11-7-6-10(9-16-19)13(8-11)14(18)17-12-4-2-1-3-5-12/h6-9,12,19H,1-5H2,(H,17,18). The maximum atomic E-state index is 12.2. The van der Waals surface area contributed by atoms with Crippen molar-refractivity contribution in [3.63, 3.8) is 0 Å². The summed E-state index contributed by atoms with van der Waals surface area (Å²) >= 11 is 5.92. The molecular weight excluding hydrogens is 264 g/mol. The van der Waals surface area contributed by atoms with Crippen molar-refractivity contribution in [1.29, 1.82) is 0 Å². The van der Waals surface area contributed by atoms with E-state index in [0.717, 1.165) is 25.7 Å². The van der Waals surface area contributed by atoms with E-state index >= 15 is 0 Å². The maximum absolute atomic E-state index is 12.2. The van der Waals surface area contributed by atoms with Gasteiger partial charge in [0.15, 0.2) is 0 Å². The lowest BCUT2D eigenvalue weighted by molar-refractivity contribution is 0.0927. The summed E-state index contributed by atoms with van der Waals surface area (Å²) < 4.78 is 0. The van der Waals surface area contributed by atoms with Gasteiger partial charge in [-0.3, -0.25) is 4.79 Å². The highest BCUT2D eigenvalue weighted by Gasteiger charge is 2.18. The lowest BCUT2D eigenvalue weighted by atomic mass is 9.95. The molecule has 0 heterocycles. The summed E-state index contributed by atoms with van der Waals surface area (Å²) in [6.07, 6.45) is 6.85. The van der Waals surface area contributed by atoms with E-state index in [1.54, 1.807) is 18.2 Å². The normalized spacial score (nSPS) is 16.7. The second-order valence-electron chi connectivity index (χ2n) is 4.78. The Morgan fingerprint density at radius 2 is 2.11 bits per heavy atom. The zero-order valence-corrected chi connectivity index (χ0v) is 11.4. The lowest BCUT2D eigenvalue weighted by Gasteiger charge is -2.23. The number of carbonyl (C=O) groups excluding carboxylic acids is 1. The second-order valence-corrected chi connectivity index (χ2v) is 5.22. The molecule has 0 aliphatic heterocycles. The van der Waals surface area contributed by atoms with Gasteiger partial charge in [0.2, 0.25) is 0 Å². The van der Waals surface area contributed by atoms with E-state index in [1.807, 2.05) is 0 Å². The average Bonchev–Trinajstić information content (AvgIpc) is 2.42. The van der Waals surface area contributed by atoms with E-state index in [9.17, 15) is 4.79 Å². The second kappa shape index (κ2) is 6.57. The highest BCUT2D eigenvalue weighted by Crippen LogP contribution is 2.19. The van der Waals surface area contributed by atoms with Crippen molar-refractivity contribution in [2.24, 2.45) is 5.16 Å². The Bertz CT molecular complexity index is 482. The molecule has 102 valence electrons. The fraction of sp³-hybridized carbons (Fsp3) is 0.429. The highest BCUT2D eigenvalue weighted by molar-refractivity contribution is 6.31. The number of benzene rings is 1. The van der Waals surface area contributed by atoms with Gasteiger partial charge in [-0.05, 0) is 25.0 Å². The van der Waals surface area contributed by atoms with E-state index in [-0.39, 0.29) is 11.9 Å². The molecule has 0 bridgehead atoms. The zero-order chi connectivity index (χ0) is 13.7. The number of amides is 1. The predicted octanol–water partition coefficient (Wildman–Crippen LogP) is 3.21. The molecule has 4 nitrogen and oxygen atoms in total. The molecule has 19 heavy (non-hydrogen) atoms. The maximum Gasteiger partial charge on any atom is 0.252 e. The van der Waals surface area contributed by atoms with Gasteiger partial charge >= 0.3 is 0 Å². The summed E-state index contributed by atoms with van der Waals surface area (Å²) in [5.74, 6) is -0.163. The first kappa shape index (κ1) is 13.9. The molecule has 0 aromatic heterocycles. The van der Waals surface area contributed by atoms with E-state index in [4.69, 9.17) is 16.8 Å². The number of hydrogen-bond donors (Lipinski definition) is 2. The third-order valence-electron chi connectivity index (χ3n) is 3.40. The van der Waals surface area contributed by atoms with E-state index in [2.05, 4.69) is 10.5 Å². The molecule has 1 saturated carbocycles. The number of hydrogen-bond acceptors (Lipinski definition) is 3. The van der Waals surface area contributed by atoms with Crippen LogP contribution in [-0.2, 0) is 0 Å². The largest absolute Gasteiger partial charge is 0.411 e. The SMILES string of the molecule is O=C(NC1CCCCC1)c1cc(Cl)ccc1C=NO. The van der Waals surface area contributed by atoms with Gasteiger partial charge in [-0.15, -0.1) is 0 Å². The fourth-order valence-electron chi connectivity index (χ4n) is 2.41. The molecule has 0 radical (unpaired) electrons. The quantitative estimate of drug-likeness (QED) is 0.507. The summed E-state index contributed by atoms with van der Waals surface area (Å²) in [6, 6.07) is 5.16. The Morgan fingerprint density at radius 1 is 1.37 bits per heavy atom. The van der Waals surface area contributed by atoms with Crippen LogP contribution in [0.5, 0.6) is 0 Å². The summed E-state index contributed by atoms with van der Waals surface area (Å²) in [7, 11) is 0. The molecule has 2 rings (SSSR count). The van der Waals surface area contributed by atoms with E-state index < -0.39 is 0 Å². The summed E-state index contributed by atoms with van der Waals surface area (Å²) in [5, 5.41) is 15.1. The molecule has 1 fully saturated rings. The number of nitrogens with one attached hydrogen (secondary N) is 1. The van der Waals surface area contributed by atoms with Crippen LogP contribution in [-0.4, -0.2) is 23.4 Å². The summed E-state index contributed by atoms with van der Waals surface area (Å²) in [4.78, 5) is 12.2. The first-order valence-corrected chi connectivity index (χ1v) is 6.86. The molecule has 1 aliphatic rings. The Labute approximate surface area is 117 Å². The molecule has 1 aromatic carbocycles. The molecule has 0 saturated heterocycles. The minimum absolute atomic E-state index is 0.163. The first-order chi connectivity index (χ1) is 9.20. The van der Waals surface area contributed by atoms with Crippen LogP contribution in [0, 0.1) is 0 Å². The van der Waals surface area contributed by atoms with Crippen LogP contribution in [0.15, 0.2) is 23.4 Å². The van der Waals surface area contributed by atoms with Crippen molar-refractivity contribution in [2.45, 2.75) is 38.1 Å². The molecule has 0 unspecified atom stereocenters. The highest BCUT2D eigenvalue weighted by atomic mass is 35.5. The van der Waals surface area contributed by atoms with Gasteiger partial charge in [-0.2, -0.15) is 0 Å². The number of nitrogens with zero attached hydrogens (tertiary/aromatic N) is 1. The minimum Gasteiger partial charge on any atom is -0.411 e. The van der Waals surface area contributed by atoms with Crippen molar-refractivity contribution < 1.29 is 10.0 Å². The number of carbonyl (C=O) groups is 1. The predicted molar refractivity (Wildman–Crippen MR) is 75.2 cm³/mol. The number of oxime groups is 1. The van der Waals surface area contributed by atoms with Crippen LogP contribution in [0.1, 0.15) is 48.0 Å². The van der Waals surface area contributed by atoms with Gasteiger partial charge in [0.25, 0.3) is 5.91 Å². The third-order valence-corrected chi connectivity index (χ3v) is 3.63. The van der Waals surface area contributed by atoms with Gasteiger partial charge in [0.05, 0.1) is 6.21 Å². The first-order valence-electron chi connectivity index (χ1n) is 6.48. The molecule has 1 aromatic rings. The molecule has 0 spiro atoms. The summed E-state index contributed by atoms with van der Waals surface area (Å²) in [6.45, 7) is 0. The molecule has 0 atom stereocenters. The number of halogens is 1. The minimum atomic E-state index is -0.163. The molecular formula is C14H17ClN2O2. The van der Waals surface area contributed by atoms with Gasteiger partial charge in [0.1, 0.15) is 0 Å². The monoisotopic (exact) mass is 280 g/mol. The van der Waals surface area contributed by atoms with Crippen LogP contribution in [0.25, 0.3) is 0 Å². The van der Waals surface area contributed by atoms with Crippen molar-refractivity contribution >= 4 is 23.7 Å². The number of rotatable bonds is 3. The van der Waals surface area contributed by atoms with Gasteiger partial charge in [-0.25, -0.2) is 0 Å². The van der Waals surface area contributed by atoms with Gasteiger partial charge < -0.3 is 10.5 Å². The van der Waals surface area contributed by atoms with Crippen LogP contribution >= 0.6 is 11.6 Å². The van der Waals surface area contributed by atoms with Crippen LogP contribution in [0.4, 0.5) is 0 Å². The van der Waals surface area contributed by atoms with Gasteiger partial charge in [0, 0.05) is 22.2 Å². The van der Waals surface area contributed by atoms with Crippen LogP contribution in [0.3, 0.4) is 0 Å². The smallest absolute Gasteiger partial charge is 0.252 e. The fourth-order valence-corrected chi connectivity index (χ4v) is 2.58. The lowest BCUT2D eigenvalue weighted by Crippen LogP contribution is -2.36. The molecule has 2 N–H and O–H groups in total. The van der Waals surface area contributed by atoms with Crippen molar-refractivity contribution in [2.75, 3.05) is 0 Å². The molecule has 1 aliphatic carbocycles. The van der Waals surface area contributed by atoms with Crippen molar-refractivity contribution in [3.8, 4) is 0 Å². The Kier molecular flexibility index (Phi) is 4.80. The Hall–Kier alpha value is -1.55. The van der Waals surface area contributed by atoms with Crippen molar-refractivity contribution in [3.05, 3.63) is 34.3 Å². The van der Waals surface area contributed by atoms with Crippen LogP contribution < -0.4 is 5.32 Å². The Balaban J connectivity index is 2.14. The third kappa shape index (κ3) is 3.70. The average molecular weight is 281 g/mol. The van der Waals surface area contributed by atoms with Crippen LogP contribution in [0.2, 0.25) is 5.02 Å². The van der Waals surface area contributed by atoms with Crippen molar-refractivity contribution in [1.82, 2.24) is 5.32 Å². The Morgan fingerprint density at radius 3 is 2.79 bits per heavy atom.